The summed E-state index contributed by atoms with van der Waals surface area (Å²) in [5, 5.41) is 5.95. The van der Waals surface area contributed by atoms with Gasteiger partial charge in [-0.25, -0.2) is 0 Å². The van der Waals surface area contributed by atoms with Crippen LogP contribution in [0.3, 0.4) is 0 Å². The molecule has 0 aromatic heterocycles. The molecule has 1 aromatic rings. The molecular weight excluding hydrogens is 316 g/mol. The maximum absolute atomic E-state index is 12.1. The van der Waals surface area contributed by atoms with Gasteiger partial charge in [0.25, 0.3) is 0 Å². The van der Waals surface area contributed by atoms with Crippen LogP contribution < -0.4 is 10.6 Å². The first kappa shape index (κ1) is 18.8. The van der Waals surface area contributed by atoms with E-state index in [1.54, 1.807) is 13.1 Å². The van der Waals surface area contributed by atoms with Crippen LogP contribution in [0.15, 0.2) is 29.3 Å². The maximum atomic E-state index is 12.1. The molecule has 1 fully saturated rings. The molecule has 0 spiro atoms. The summed E-state index contributed by atoms with van der Waals surface area (Å²) in [6, 6.07) is 7.22. The van der Waals surface area contributed by atoms with Crippen molar-refractivity contribution in [3.05, 3.63) is 29.8 Å². The third kappa shape index (κ3) is 5.80. The topological polar surface area (TPSA) is 66.0 Å². The van der Waals surface area contributed by atoms with Crippen LogP contribution in [0.2, 0.25) is 0 Å². The molecule has 1 amide bonds. The zero-order chi connectivity index (χ0) is 18.1. The van der Waals surface area contributed by atoms with Gasteiger partial charge in [-0.2, -0.15) is 0 Å². The summed E-state index contributed by atoms with van der Waals surface area (Å²) in [6.45, 7) is 4.66. The largest absolute Gasteiger partial charge is 0.378 e. The van der Waals surface area contributed by atoms with Crippen LogP contribution in [0.4, 0.5) is 5.69 Å². The lowest BCUT2D eigenvalue weighted by atomic mass is 10.1. The second kappa shape index (κ2) is 9.70. The molecule has 134 valence electrons. The first-order valence-electron chi connectivity index (χ1n) is 8.60. The van der Waals surface area contributed by atoms with E-state index in [0.29, 0.717) is 11.8 Å². The third-order valence-corrected chi connectivity index (χ3v) is 4.08. The highest BCUT2D eigenvalue weighted by molar-refractivity contribution is 5.95. The van der Waals surface area contributed by atoms with Crippen molar-refractivity contribution in [3.63, 3.8) is 0 Å². The van der Waals surface area contributed by atoms with E-state index in [4.69, 9.17) is 11.2 Å². The van der Waals surface area contributed by atoms with Crippen molar-refractivity contribution in [2.75, 3.05) is 38.6 Å². The van der Waals surface area contributed by atoms with Gasteiger partial charge < -0.3 is 20.3 Å². The molecule has 0 aliphatic carbocycles. The Labute approximate surface area is 149 Å². The average molecular weight is 342 g/mol. The Morgan fingerprint density at radius 3 is 2.84 bits per heavy atom. The van der Waals surface area contributed by atoms with Gasteiger partial charge in [0, 0.05) is 38.0 Å². The lowest BCUT2D eigenvalue weighted by Gasteiger charge is -2.33. The van der Waals surface area contributed by atoms with Gasteiger partial charge in [-0.3, -0.25) is 9.79 Å². The second-order valence-electron chi connectivity index (χ2n) is 5.82. The van der Waals surface area contributed by atoms with E-state index in [9.17, 15) is 4.79 Å². The number of anilines is 1. The molecule has 0 bridgehead atoms. The molecule has 0 radical (unpaired) electrons. The first-order chi connectivity index (χ1) is 12.2. The Hall–Kier alpha value is -2.52. The molecule has 1 heterocycles. The predicted molar refractivity (Wildman–Crippen MR) is 101 cm³/mol. The van der Waals surface area contributed by atoms with Gasteiger partial charge in [-0.15, -0.1) is 6.42 Å². The van der Waals surface area contributed by atoms with E-state index < -0.39 is 0 Å². The Bertz CT molecular complexity index is 643. The van der Waals surface area contributed by atoms with Crippen molar-refractivity contribution in [2.45, 2.75) is 25.9 Å². The molecule has 1 aliphatic rings. The standard InChI is InChI=1S/C19H26N4O2/c1-4-15-7-6-8-16(13-15)22-18(24)14-21-19(20-3)23-11-9-17(10-12-23)25-5-2/h1,6-8,13,17H,5,9-12,14H2,2-3H3,(H,20,21)(H,22,24). The number of hydrogen-bond donors (Lipinski definition) is 2. The number of ether oxygens (including phenoxy) is 1. The monoisotopic (exact) mass is 342 g/mol. The fourth-order valence-electron chi connectivity index (χ4n) is 2.85. The zero-order valence-electron chi connectivity index (χ0n) is 14.9. The average Bonchev–Trinajstić information content (AvgIpc) is 2.64. The fraction of sp³-hybridized carbons (Fsp3) is 0.474. The number of rotatable bonds is 5. The minimum absolute atomic E-state index is 0.139. The van der Waals surface area contributed by atoms with Crippen molar-refractivity contribution in [1.82, 2.24) is 10.2 Å². The molecule has 0 atom stereocenters. The van der Waals surface area contributed by atoms with Gasteiger partial charge in [0.15, 0.2) is 5.96 Å². The zero-order valence-corrected chi connectivity index (χ0v) is 14.9. The number of carbonyl (C=O) groups excluding carboxylic acids is 1. The highest BCUT2D eigenvalue weighted by Crippen LogP contribution is 2.13. The van der Waals surface area contributed by atoms with Gasteiger partial charge in [0.2, 0.25) is 5.91 Å². The molecule has 25 heavy (non-hydrogen) atoms. The van der Waals surface area contributed by atoms with Gasteiger partial charge in [-0.05, 0) is 38.0 Å². The molecule has 0 unspecified atom stereocenters. The number of carbonyl (C=O) groups is 1. The highest BCUT2D eigenvalue weighted by Gasteiger charge is 2.21. The van der Waals surface area contributed by atoms with Crippen LogP contribution in [0.5, 0.6) is 0 Å². The van der Waals surface area contributed by atoms with Crippen LogP contribution >= 0.6 is 0 Å². The van der Waals surface area contributed by atoms with Crippen molar-refractivity contribution in [3.8, 4) is 12.3 Å². The van der Waals surface area contributed by atoms with E-state index in [1.165, 1.54) is 0 Å². The van der Waals surface area contributed by atoms with Gasteiger partial charge >= 0.3 is 0 Å². The van der Waals surface area contributed by atoms with Crippen molar-refractivity contribution >= 4 is 17.6 Å². The van der Waals surface area contributed by atoms with Crippen LogP contribution in [-0.2, 0) is 9.53 Å². The summed E-state index contributed by atoms with van der Waals surface area (Å²) in [5.41, 5.74) is 1.42. The molecule has 1 saturated heterocycles. The SMILES string of the molecule is C#Cc1cccc(NC(=O)CNC(=NC)N2CCC(OCC)CC2)c1. The molecule has 2 rings (SSSR count). The fourth-order valence-corrected chi connectivity index (χ4v) is 2.85. The number of aliphatic imine (C=N–C) groups is 1. The lowest BCUT2D eigenvalue weighted by Crippen LogP contribution is -2.48. The molecule has 0 saturated carbocycles. The van der Waals surface area contributed by atoms with Gasteiger partial charge in [0.1, 0.15) is 0 Å². The highest BCUT2D eigenvalue weighted by atomic mass is 16.5. The van der Waals surface area contributed by atoms with E-state index >= 15 is 0 Å². The first-order valence-corrected chi connectivity index (χ1v) is 8.60. The Morgan fingerprint density at radius 1 is 1.44 bits per heavy atom. The Balaban J connectivity index is 1.80. The number of amides is 1. The molecular formula is C19H26N4O2. The summed E-state index contributed by atoms with van der Waals surface area (Å²) in [7, 11) is 1.73. The third-order valence-electron chi connectivity index (χ3n) is 4.08. The van der Waals surface area contributed by atoms with E-state index in [-0.39, 0.29) is 12.5 Å². The summed E-state index contributed by atoms with van der Waals surface area (Å²) in [4.78, 5) is 18.6. The molecule has 6 heteroatoms. The minimum atomic E-state index is -0.139. The Kier molecular flexibility index (Phi) is 7.30. The van der Waals surface area contributed by atoms with Crippen LogP contribution in [-0.4, -0.2) is 56.2 Å². The van der Waals surface area contributed by atoms with Gasteiger partial charge in [0.05, 0.1) is 12.6 Å². The number of nitrogens with one attached hydrogen (secondary N) is 2. The quantitative estimate of drug-likeness (QED) is 0.485. The molecule has 2 N–H and O–H groups in total. The number of likely N-dealkylation sites (tertiary alicyclic amines) is 1. The number of guanidine groups is 1. The van der Waals surface area contributed by atoms with Crippen molar-refractivity contribution in [1.29, 1.82) is 0 Å². The molecule has 1 aromatic carbocycles. The predicted octanol–water partition coefficient (Wildman–Crippen LogP) is 1.68. The number of terminal acetylenes is 1. The van der Waals surface area contributed by atoms with E-state index in [0.717, 1.165) is 44.1 Å². The lowest BCUT2D eigenvalue weighted by molar-refractivity contribution is -0.115. The maximum Gasteiger partial charge on any atom is 0.243 e. The number of hydrogen-bond acceptors (Lipinski definition) is 3. The van der Waals surface area contributed by atoms with Crippen LogP contribution in [0, 0.1) is 12.3 Å². The number of nitrogens with zero attached hydrogens (tertiary/aromatic N) is 2. The van der Waals surface area contributed by atoms with Crippen LogP contribution in [0.25, 0.3) is 0 Å². The summed E-state index contributed by atoms with van der Waals surface area (Å²) < 4.78 is 5.66. The van der Waals surface area contributed by atoms with Crippen LogP contribution in [0.1, 0.15) is 25.3 Å². The Morgan fingerprint density at radius 2 is 2.20 bits per heavy atom. The van der Waals surface area contributed by atoms with E-state index in [1.807, 2.05) is 25.1 Å². The summed E-state index contributed by atoms with van der Waals surface area (Å²) >= 11 is 0. The van der Waals surface area contributed by atoms with Crippen molar-refractivity contribution in [2.24, 2.45) is 4.99 Å². The summed E-state index contributed by atoms with van der Waals surface area (Å²) in [5.74, 6) is 3.15. The number of piperidine rings is 1. The number of benzene rings is 1. The normalized spacial score (nSPS) is 15.6. The summed E-state index contributed by atoms with van der Waals surface area (Å²) in [6.07, 6.45) is 7.64. The second-order valence-corrected chi connectivity index (χ2v) is 5.82. The van der Waals surface area contributed by atoms with Gasteiger partial charge in [-0.1, -0.05) is 12.0 Å². The smallest absolute Gasteiger partial charge is 0.243 e. The molecule has 6 nitrogen and oxygen atoms in total. The minimum Gasteiger partial charge on any atom is -0.378 e. The van der Waals surface area contributed by atoms with E-state index in [2.05, 4.69) is 26.4 Å². The molecule has 1 aliphatic heterocycles. The van der Waals surface area contributed by atoms with Crippen molar-refractivity contribution < 1.29 is 9.53 Å².